The third-order valence-electron chi connectivity index (χ3n) is 3.31. The van der Waals surface area contributed by atoms with E-state index in [0.29, 0.717) is 6.54 Å². The van der Waals surface area contributed by atoms with Crippen molar-refractivity contribution >= 4 is 22.1 Å². The Morgan fingerprint density at radius 2 is 1.80 bits per heavy atom. The minimum absolute atomic E-state index is 0.0419. The second kappa shape index (κ2) is 4.70. The average Bonchev–Trinajstić information content (AvgIpc) is 2.48. The molecule has 0 bridgehead atoms. The number of anilines is 2. The van der Waals surface area contributed by atoms with Gasteiger partial charge in [0.05, 0.1) is 18.4 Å². The van der Waals surface area contributed by atoms with Crippen molar-refractivity contribution in [2.24, 2.45) is 0 Å². The van der Waals surface area contributed by atoms with Crippen LogP contribution in [0.4, 0.5) is 11.4 Å². The fourth-order valence-electron chi connectivity index (χ4n) is 2.22. The van der Waals surface area contributed by atoms with Crippen molar-refractivity contribution in [2.45, 2.75) is 6.54 Å². The molecule has 3 rings (SSSR count). The lowest BCUT2D eigenvalue weighted by molar-refractivity contribution is 0.645. The second-order valence-corrected chi connectivity index (χ2v) is 4.61. The maximum Gasteiger partial charge on any atom is 0.292 e. The molecule has 0 saturated carbocycles. The van der Waals surface area contributed by atoms with Crippen LogP contribution < -0.4 is 17.0 Å². The zero-order valence-electron chi connectivity index (χ0n) is 10.8. The van der Waals surface area contributed by atoms with E-state index < -0.39 is 0 Å². The van der Waals surface area contributed by atoms with Crippen LogP contribution in [-0.2, 0) is 6.54 Å². The number of fused-ring (bicyclic) bond motifs is 1. The highest BCUT2D eigenvalue weighted by atomic mass is 16.1. The smallest absolute Gasteiger partial charge is 0.292 e. The Hall–Kier alpha value is -2.82. The van der Waals surface area contributed by atoms with Crippen molar-refractivity contribution < 1.29 is 0 Å². The van der Waals surface area contributed by atoms with Gasteiger partial charge in [0.25, 0.3) is 5.56 Å². The first-order valence-electron chi connectivity index (χ1n) is 6.24. The van der Waals surface area contributed by atoms with Crippen LogP contribution in [0.2, 0.25) is 0 Å². The molecule has 3 aromatic rings. The highest BCUT2D eigenvalue weighted by Crippen LogP contribution is 2.19. The Balaban J connectivity index is 2.11. The van der Waals surface area contributed by atoms with Crippen molar-refractivity contribution in [3.05, 3.63) is 64.6 Å². The van der Waals surface area contributed by atoms with E-state index in [9.17, 15) is 4.79 Å². The molecular weight excluding hydrogens is 252 g/mol. The summed E-state index contributed by atoms with van der Waals surface area (Å²) in [7, 11) is 0. The molecule has 0 aliphatic carbocycles. The van der Waals surface area contributed by atoms with E-state index in [1.807, 2.05) is 42.5 Å². The van der Waals surface area contributed by atoms with Gasteiger partial charge >= 0.3 is 0 Å². The molecule has 0 spiro atoms. The highest BCUT2D eigenvalue weighted by Gasteiger charge is 2.07. The molecule has 1 aromatic heterocycles. The van der Waals surface area contributed by atoms with Crippen molar-refractivity contribution in [3.63, 3.8) is 0 Å². The van der Waals surface area contributed by atoms with Crippen LogP contribution in [0.3, 0.4) is 0 Å². The first-order chi connectivity index (χ1) is 9.66. The third-order valence-corrected chi connectivity index (χ3v) is 3.31. The van der Waals surface area contributed by atoms with Crippen molar-refractivity contribution in [2.75, 3.05) is 11.5 Å². The molecule has 2 aromatic carbocycles. The third kappa shape index (κ3) is 1.99. The molecule has 0 amide bonds. The van der Waals surface area contributed by atoms with E-state index in [-0.39, 0.29) is 16.9 Å². The van der Waals surface area contributed by atoms with Crippen LogP contribution >= 0.6 is 0 Å². The Bertz CT molecular complexity index is 833. The van der Waals surface area contributed by atoms with Crippen molar-refractivity contribution in [1.82, 2.24) is 9.78 Å². The predicted molar refractivity (Wildman–Crippen MR) is 80.4 cm³/mol. The maximum atomic E-state index is 12.0. The Labute approximate surface area is 115 Å². The molecule has 0 unspecified atom stereocenters. The van der Waals surface area contributed by atoms with Gasteiger partial charge in [-0.25, -0.2) is 4.68 Å². The molecule has 0 fully saturated rings. The van der Waals surface area contributed by atoms with E-state index in [2.05, 4.69) is 5.10 Å². The number of hydrogen-bond donors (Lipinski definition) is 2. The van der Waals surface area contributed by atoms with Crippen molar-refractivity contribution in [1.29, 1.82) is 0 Å². The van der Waals surface area contributed by atoms with Gasteiger partial charge in [-0.15, -0.1) is 0 Å². The monoisotopic (exact) mass is 266 g/mol. The van der Waals surface area contributed by atoms with Gasteiger partial charge in [-0.05, 0) is 16.3 Å². The SMILES string of the molecule is Nc1cnn(Cc2cccc3ccccc23)c(=O)c1N. The van der Waals surface area contributed by atoms with Gasteiger partial charge < -0.3 is 11.5 Å². The van der Waals surface area contributed by atoms with E-state index in [4.69, 9.17) is 11.5 Å². The van der Waals surface area contributed by atoms with Crippen LogP contribution in [0.15, 0.2) is 53.5 Å². The number of nitrogens with zero attached hydrogens (tertiary/aromatic N) is 2. The topological polar surface area (TPSA) is 86.9 Å². The zero-order chi connectivity index (χ0) is 14.1. The molecule has 1 heterocycles. The van der Waals surface area contributed by atoms with Crippen LogP contribution in [0.25, 0.3) is 10.8 Å². The summed E-state index contributed by atoms with van der Waals surface area (Å²) in [4.78, 5) is 12.0. The van der Waals surface area contributed by atoms with E-state index in [1.165, 1.54) is 10.9 Å². The number of nitrogens with two attached hydrogens (primary N) is 2. The lowest BCUT2D eigenvalue weighted by Gasteiger charge is -2.09. The summed E-state index contributed by atoms with van der Waals surface area (Å²) < 4.78 is 1.33. The first-order valence-corrected chi connectivity index (χ1v) is 6.24. The summed E-state index contributed by atoms with van der Waals surface area (Å²) in [5.74, 6) is 0. The Morgan fingerprint density at radius 3 is 2.65 bits per heavy atom. The van der Waals surface area contributed by atoms with Crippen LogP contribution in [0.5, 0.6) is 0 Å². The van der Waals surface area contributed by atoms with Crippen LogP contribution in [-0.4, -0.2) is 9.78 Å². The minimum atomic E-state index is -0.363. The quantitative estimate of drug-likeness (QED) is 0.737. The highest BCUT2D eigenvalue weighted by molar-refractivity contribution is 5.85. The largest absolute Gasteiger partial charge is 0.396 e. The second-order valence-electron chi connectivity index (χ2n) is 4.61. The fourth-order valence-corrected chi connectivity index (χ4v) is 2.22. The van der Waals surface area contributed by atoms with Gasteiger partial charge in [-0.3, -0.25) is 4.79 Å². The standard InChI is InChI=1S/C15H14N4O/c16-13-8-18-19(15(20)14(13)17)9-11-6-3-5-10-4-1-2-7-12(10)11/h1-8H,9,16-17H2. The number of benzene rings is 2. The normalized spacial score (nSPS) is 10.8. The molecular formula is C15H14N4O. The zero-order valence-corrected chi connectivity index (χ0v) is 10.8. The maximum absolute atomic E-state index is 12.0. The molecule has 0 saturated heterocycles. The number of nitrogen functional groups attached to an aromatic ring is 2. The van der Waals surface area contributed by atoms with E-state index >= 15 is 0 Å². The lowest BCUT2D eigenvalue weighted by atomic mass is 10.0. The lowest BCUT2D eigenvalue weighted by Crippen LogP contribution is -2.26. The van der Waals surface area contributed by atoms with E-state index in [0.717, 1.165) is 16.3 Å². The summed E-state index contributed by atoms with van der Waals surface area (Å²) in [5.41, 5.74) is 12.1. The van der Waals surface area contributed by atoms with Gasteiger partial charge in [0.1, 0.15) is 5.69 Å². The molecule has 0 aliphatic rings. The molecule has 100 valence electrons. The summed E-state index contributed by atoms with van der Waals surface area (Å²) in [6.45, 7) is 0.366. The molecule has 0 radical (unpaired) electrons. The van der Waals surface area contributed by atoms with Crippen molar-refractivity contribution in [3.8, 4) is 0 Å². The summed E-state index contributed by atoms with van der Waals surface area (Å²) in [5, 5.41) is 6.26. The summed E-state index contributed by atoms with van der Waals surface area (Å²) in [6.07, 6.45) is 1.40. The minimum Gasteiger partial charge on any atom is -0.396 e. The number of hydrogen-bond acceptors (Lipinski definition) is 4. The number of rotatable bonds is 2. The van der Waals surface area contributed by atoms with Gasteiger partial charge in [0.15, 0.2) is 0 Å². The molecule has 0 aliphatic heterocycles. The molecule has 5 heteroatoms. The Kier molecular flexibility index (Phi) is 2.87. The molecule has 20 heavy (non-hydrogen) atoms. The molecule has 4 N–H and O–H groups in total. The van der Waals surface area contributed by atoms with Gasteiger partial charge in [0.2, 0.25) is 0 Å². The molecule has 5 nitrogen and oxygen atoms in total. The fraction of sp³-hybridized carbons (Fsp3) is 0.0667. The van der Waals surface area contributed by atoms with Crippen LogP contribution in [0.1, 0.15) is 5.56 Å². The summed E-state index contributed by atoms with van der Waals surface area (Å²) in [6, 6.07) is 14.0. The van der Waals surface area contributed by atoms with Gasteiger partial charge in [-0.1, -0.05) is 42.5 Å². The van der Waals surface area contributed by atoms with Crippen LogP contribution in [0, 0.1) is 0 Å². The van der Waals surface area contributed by atoms with Gasteiger partial charge in [0, 0.05) is 0 Å². The number of aromatic nitrogens is 2. The predicted octanol–water partition coefficient (Wildman–Crippen LogP) is 1.61. The molecule has 0 atom stereocenters. The van der Waals surface area contributed by atoms with Gasteiger partial charge in [-0.2, -0.15) is 5.10 Å². The summed E-state index contributed by atoms with van der Waals surface area (Å²) >= 11 is 0. The van der Waals surface area contributed by atoms with E-state index in [1.54, 1.807) is 0 Å². The average molecular weight is 266 g/mol. The Morgan fingerprint density at radius 1 is 1.05 bits per heavy atom. The first kappa shape index (κ1) is 12.2.